The molecule has 1 aromatic carbocycles. The fourth-order valence-electron chi connectivity index (χ4n) is 2.67. The van der Waals surface area contributed by atoms with Gasteiger partial charge in [-0.25, -0.2) is 0 Å². The Bertz CT molecular complexity index is 433. The quantitative estimate of drug-likeness (QED) is 0.875. The Hall–Kier alpha value is -0.860. The van der Waals surface area contributed by atoms with E-state index in [-0.39, 0.29) is 6.10 Å². The van der Waals surface area contributed by atoms with Crippen LogP contribution in [-0.2, 0) is 4.74 Å². The maximum absolute atomic E-state index is 6.28. The average Bonchev–Trinajstić information content (AvgIpc) is 2.31. The van der Waals surface area contributed by atoms with Crippen molar-refractivity contribution in [1.82, 2.24) is 5.32 Å². The summed E-state index contributed by atoms with van der Waals surface area (Å²) in [6.07, 6.45) is 1.61. The summed E-state index contributed by atoms with van der Waals surface area (Å²) < 4.78 is 6.28. The number of ether oxygens (including phenoxy) is 1. The number of morpholine rings is 1. The summed E-state index contributed by atoms with van der Waals surface area (Å²) in [5.41, 5.74) is 4.31. The third-order valence-electron chi connectivity index (χ3n) is 3.80. The minimum absolute atomic E-state index is 0.195. The molecule has 1 aliphatic heterocycles. The fourth-order valence-corrected chi connectivity index (χ4v) is 2.67. The summed E-state index contributed by atoms with van der Waals surface area (Å²) in [4.78, 5) is 0. The van der Waals surface area contributed by atoms with E-state index in [0.717, 1.165) is 19.5 Å². The van der Waals surface area contributed by atoms with Crippen LogP contribution in [-0.4, -0.2) is 19.2 Å². The van der Waals surface area contributed by atoms with Crippen LogP contribution in [0.4, 0.5) is 0 Å². The molecule has 0 spiro atoms. The zero-order valence-electron chi connectivity index (χ0n) is 12.9. The van der Waals surface area contributed by atoms with Crippen LogP contribution < -0.4 is 5.32 Å². The van der Waals surface area contributed by atoms with Crippen molar-refractivity contribution in [3.8, 4) is 0 Å². The predicted molar refractivity (Wildman–Crippen MR) is 80.5 cm³/mol. The molecule has 0 aliphatic carbocycles. The Kier molecular flexibility index (Phi) is 4.32. The predicted octanol–water partition coefficient (Wildman–Crippen LogP) is 3.77. The highest BCUT2D eigenvalue weighted by Crippen LogP contribution is 2.29. The van der Waals surface area contributed by atoms with Crippen LogP contribution in [0.1, 0.15) is 50.0 Å². The molecule has 19 heavy (non-hydrogen) atoms. The van der Waals surface area contributed by atoms with Crippen LogP contribution in [0.3, 0.4) is 0 Å². The molecule has 2 heteroatoms. The highest BCUT2D eigenvalue weighted by Gasteiger charge is 2.27. The second-order valence-corrected chi connectivity index (χ2v) is 7.01. The van der Waals surface area contributed by atoms with Crippen molar-refractivity contribution >= 4 is 0 Å². The number of aryl methyl sites for hydroxylation is 2. The number of hydrogen-bond donors (Lipinski definition) is 1. The summed E-state index contributed by atoms with van der Waals surface area (Å²) in [5.74, 6) is 0. The van der Waals surface area contributed by atoms with Crippen LogP contribution in [0, 0.1) is 19.3 Å². The third-order valence-corrected chi connectivity index (χ3v) is 3.80. The van der Waals surface area contributed by atoms with Crippen molar-refractivity contribution in [3.05, 3.63) is 34.9 Å². The normalized spacial score (nSPS) is 24.5. The van der Waals surface area contributed by atoms with Gasteiger partial charge in [-0.3, -0.25) is 0 Å². The third kappa shape index (κ3) is 4.05. The lowest BCUT2D eigenvalue weighted by Crippen LogP contribution is -2.42. The van der Waals surface area contributed by atoms with Crippen LogP contribution in [0.15, 0.2) is 18.2 Å². The molecule has 1 saturated heterocycles. The van der Waals surface area contributed by atoms with Gasteiger partial charge < -0.3 is 10.1 Å². The molecular formula is C17H27NO. The topological polar surface area (TPSA) is 21.3 Å². The standard InChI is InChI=1S/C17H27NO/c1-12-6-7-14(8-13(12)2)16-11-18-10-15(19-16)9-17(3,4)5/h6-8,15-16,18H,9-11H2,1-5H3. The molecule has 0 radical (unpaired) electrons. The van der Waals surface area contributed by atoms with Crippen LogP contribution in [0.25, 0.3) is 0 Å². The lowest BCUT2D eigenvalue weighted by atomic mass is 9.88. The molecule has 106 valence electrons. The summed E-state index contributed by atoms with van der Waals surface area (Å²) in [6.45, 7) is 13.0. The van der Waals surface area contributed by atoms with Crippen molar-refractivity contribution < 1.29 is 4.74 Å². The molecule has 2 unspecified atom stereocenters. The number of benzene rings is 1. The summed E-state index contributed by atoms with van der Waals surface area (Å²) >= 11 is 0. The van der Waals surface area contributed by atoms with E-state index in [1.165, 1.54) is 16.7 Å². The van der Waals surface area contributed by atoms with E-state index in [1.807, 2.05) is 0 Å². The van der Waals surface area contributed by atoms with Crippen LogP contribution >= 0.6 is 0 Å². The fraction of sp³-hybridized carbons (Fsp3) is 0.647. The van der Waals surface area contributed by atoms with E-state index in [0.29, 0.717) is 11.5 Å². The first-order valence-corrected chi connectivity index (χ1v) is 7.28. The molecule has 2 rings (SSSR count). The molecule has 0 bridgehead atoms. The van der Waals surface area contributed by atoms with Gasteiger partial charge in [0.15, 0.2) is 0 Å². The van der Waals surface area contributed by atoms with Gasteiger partial charge in [-0.2, -0.15) is 0 Å². The van der Waals surface area contributed by atoms with Gasteiger partial charge in [-0.1, -0.05) is 39.0 Å². The molecule has 1 N–H and O–H groups in total. The Labute approximate surface area is 117 Å². The molecule has 1 fully saturated rings. The molecule has 1 aromatic rings. The van der Waals surface area contributed by atoms with E-state index in [1.54, 1.807) is 0 Å². The summed E-state index contributed by atoms with van der Waals surface area (Å²) in [6, 6.07) is 6.66. The first kappa shape index (κ1) is 14.5. The van der Waals surface area contributed by atoms with E-state index in [4.69, 9.17) is 4.74 Å². The Balaban J connectivity index is 2.06. The van der Waals surface area contributed by atoms with Crippen molar-refractivity contribution in [2.24, 2.45) is 5.41 Å². The number of hydrogen-bond acceptors (Lipinski definition) is 2. The molecule has 0 saturated carbocycles. The minimum atomic E-state index is 0.195. The van der Waals surface area contributed by atoms with E-state index < -0.39 is 0 Å². The van der Waals surface area contributed by atoms with Gasteiger partial charge in [0.2, 0.25) is 0 Å². The largest absolute Gasteiger partial charge is 0.368 e. The van der Waals surface area contributed by atoms with E-state index >= 15 is 0 Å². The minimum Gasteiger partial charge on any atom is -0.368 e. The Morgan fingerprint density at radius 2 is 1.89 bits per heavy atom. The monoisotopic (exact) mass is 261 g/mol. The molecule has 0 aromatic heterocycles. The van der Waals surface area contributed by atoms with Gasteiger partial charge >= 0.3 is 0 Å². The van der Waals surface area contributed by atoms with Gasteiger partial charge in [0.05, 0.1) is 12.2 Å². The van der Waals surface area contributed by atoms with E-state index in [2.05, 4.69) is 58.1 Å². The molecular weight excluding hydrogens is 234 g/mol. The van der Waals surface area contributed by atoms with Crippen molar-refractivity contribution in [2.75, 3.05) is 13.1 Å². The zero-order valence-corrected chi connectivity index (χ0v) is 12.9. The molecule has 2 atom stereocenters. The molecule has 1 heterocycles. The number of rotatable bonds is 2. The van der Waals surface area contributed by atoms with Gasteiger partial charge in [0.1, 0.15) is 0 Å². The first-order valence-electron chi connectivity index (χ1n) is 7.28. The van der Waals surface area contributed by atoms with Gasteiger partial charge in [0, 0.05) is 13.1 Å². The molecule has 0 amide bonds. The maximum atomic E-state index is 6.28. The van der Waals surface area contributed by atoms with Crippen molar-refractivity contribution in [1.29, 1.82) is 0 Å². The van der Waals surface area contributed by atoms with Crippen LogP contribution in [0.5, 0.6) is 0 Å². The summed E-state index contributed by atoms with van der Waals surface area (Å²) in [5, 5.41) is 3.52. The smallest absolute Gasteiger partial charge is 0.0953 e. The Morgan fingerprint density at radius 1 is 1.16 bits per heavy atom. The van der Waals surface area contributed by atoms with Crippen LogP contribution in [0.2, 0.25) is 0 Å². The SMILES string of the molecule is Cc1ccc(C2CNCC(CC(C)(C)C)O2)cc1C. The van der Waals surface area contributed by atoms with E-state index in [9.17, 15) is 0 Å². The maximum Gasteiger partial charge on any atom is 0.0953 e. The summed E-state index contributed by atoms with van der Waals surface area (Å²) in [7, 11) is 0. The highest BCUT2D eigenvalue weighted by atomic mass is 16.5. The lowest BCUT2D eigenvalue weighted by Gasteiger charge is -2.34. The Morgan fingerprint density at radius 3 is 2.53 bits per heavy atom. The second kappa shape index (κ2) is 5.64. The lowest BCUT2D eigenvalue weighted by molar-refractivity contribution is -0.0552. The molecule has 1 aliphatic rings. The second-order valence-electron chi connectivity index (χ2n) is 7.01. The van der Waals surface area contributed by atoms with Crippen molar-refractivity contribution in [3.63, 3.8) is 0 Å². The highest BCUT2D eigenvalue weighted by molar-refractivity contribution is 5.31. The van der Waals surface area contributed by atoms with Gasteiger partial charge in [-0.15, -0.1) is 0 Å². The zero-order chi connectivity index (χ0) is 14.0. The number of nitrogens with one attached hydrogen (secondary N) is 1. The molecule has 2 nitrogen and oxygen atoms in total. The van der Waals surface area contributed by atoms with Crippen molar-refractivity contribution in [2.45, 2.75) is 53.2 Å². The first-order chi connectivity index (χ1) is 8.85. The average molecular weight is 261 g/mol. The van der Waals surface area contributed by atoms with Gasteiger partial charge in [0.25, 0.3) is 0 Å². The van der Waals surface area contributed by atoms with Gasteiger partial charge in [-0.05, 0) is 42.4 Å².